The second-order valence-corrected chi connectivity index (χ2v) is 3.04. The van der Waals surface area contributed by atoms with Gasteiger partial charge in [-0.05, 0) is 18.1 Å². The summed E-state index contributed by atoms with van der Waals surface area (Å²) in [6.07, 6.45) is 0.770. The molecule has 0 fully saturated rings. The summed E-state index contributed by atoms with van der Waals surface area (Å²) in [5, 5.41) is 19.0. The van der Waals surface area contributed by atoms with Crippen molar-refractivity contribution in [2.75, 3.05) is 5.33 Å². The van der Waals surface area contributed by atoms with Gasteiger partial charge < -0.3 is 10.2 Å². The zero-order valence-corrected chi connectivity index (χ0v) is 7.50. The molecule has 0 aromatic heterocycles. The Morgan fingerprint density at radius 2 is 2.00 bits per heavy atom. The van der Waals surface area contributed by atoms with E-state index in [-0.39, 0.29) is 11.5 Å². The van der Waals surface area contributed by atoms with Crippen LogP contribution in [0.2, 0.25) is 0 Å². The monoisotopic (exact) mass is 216 g/mol. The van der Waals surface area contributed by atoms with Gasteiger partial charge in [-0.25, -0.2) is 0 Å². The van der Waals surface area contributed by atoms with Gasteiger partial charge in [-0.1, -0.05) is 22.0 Å². The summed E-state index contributed by atoms with van der Waals surface area (Å²) in [6.45, 7) is 0. The number of aromatic hydroxyl groups is 2. The van der Waals surface area contributed by atoms with Gasteiger partial charge in [-0.3, -0.25) is 0 Å². The van der Waals surface area contributed by atoms with Gasteiger partial charge in [0.1, 0.15) is 11.5 Å². The van der Waals surface area contributed by atoms with E-state index in [0.29, 0.717) is 0 Å². The van der Waals surface area contributed by atoms with Crippen molar-refractivity contribution in [3.05, 3.63) is 23.8 Å². The van der Waals surface area contributed by atoms with Crippen molar-refractivity contribution < 1.29 is 10.2 Å². The molecule has 0 spiro atoms. The van der Waals surface area contributed by atoms with Gasteiger partial charge in [0.05, 0.1) is 0 Å². The largest absolute Gasteiger partial charge is 0.508 e. The highest BCUT2D eigenvalue weighted by atomic mass is 79.9. The first-order valence-corrected chi connectivity index (χ1v) is 4.43. The molecule has 2 nitrogen and oxygen atoms in total. The van der Waals surface area contributed by atoms with Crippen LogP contribution in [-0.4, -0.2) is 15.5 Å². The van der Waals surface area contributed by atoms with Crippen LogP contribution in [-0.2, 0) is 6.42 Å². The van der Waals surface area contributed by atoms with E-state index < -0.39 is 0 Å². The summed E-state index contributed by atoms with van der Waals surface area (Å²) < 4.78 is 0. The first-order valence-electron chi connectivity index (χ1n) is 3.31. The Morgan fingerprint density at radius 3 is 2.55 bits per heavy atom. The van der Waals surface area contributed by atoms with Crippen LogP contribution in [0, 0.1) is 0 Å². The smallest absolute Gasteiger partial charge is 0.122 e. The Kier molecular flexibility index (Phi) is 2.76. The molecule has 1 rings (SSSR count). The quantitative estimate of drug-likeness (QED) is 0.744. The number of phenols is 2. The third-order valence-electron chi connectivity index (χ3n) is 1.43. The molecule has 0 saturated carbocycles. The third-order valence-corrected chi connectivity index (χ3v) is 1.83. The molecule has 0 bridgehead atoms. The maximum absolute atomic E-state index is 9.24. The van der Waals surface area contributed by atoms with Gasteiger partial charge in [-0.2, -0.15) is 0 Å². The SMILES string of the molecule is Oc1ccc(CCBr)c(O)c1. The third kappa shape index (κ3) is 2.12. The van der Waals surface area contributed by atoms with E-state index in [1.165, 1.54) is 6.07 Å². The molecule has 0 aliphatic rings. The molecule has 3 heteroatoms. The molecule has 2 N–H and O–H groups in total. The predicted octanol–water partition coefficient (Wildman–Crippen LogP) is 2.04. The van der Waals surface area contributed by atoms with Crippen LogP contribution in [0.15, 0.2) is 18.2 Å². The van der Waals surface area contributed by atoms with Gasteiger partial charge in [0, 0.05) is 11.4 Å². The number of rotatable bonds is 2. The van der Waals surface area contributed by atoms with E-state index in [2.05, 4.69) is 15.9 Å². The molecule has 0 atom stereocenters. The molecule has 1 aromatic rings. The van der Waals surface area contributed by atoms with Crippen molar-refractivity contribution in [2.45, 2.75) is 6.42 Å². The normalized spacial score (nSPS) is 9.91. The first-order chi connectivity index (χ1) is 5.24. The van der Waals surface area contributed by atoms with Crippen molar-refractivity contribution in [3.8, 4) is 11.5 Å². The Labute approximate surface area is 73.6 Å². The van der Waals surface area contributed by atoms with Crippen molar-refractivity contribution in [1.82, 2.24) is 0 Å². The van der Waals surface area contributed by atoms with Crippen LogP contribution >= 0.6 is 15.9 Å². The molecular weight excluding hydrogens is 208 g/mol. The maximum Gasteiger partial charge on any atom is 0.122 e. The average molecular weight is 217 g/mol. The number of aryl methyl sites for hydroxylation is 1. The molecule has 0 aliphatic carbocycles. The minimum absolute atomic E-state index is 0.0980. The predicted molar refractivity (Wildman–Crippen MR) is 47.3 cm³/mol. The van der Waals surface area contributed by atoms with Gasteiger partial charge >= 0.3 is 0 Å². The van der Waals surface area contributed by atoms with Crippen LogP contribution < -0.4 is 0 Å². The second kappa shape index (κ2) is 3.62. The number of phenolic OH excluding ortho intramolecular Hbond substituents is 2. The van der Waals surface area contributed by atoms with E-state index in [1.807, 2.05) is 0 Å². The molecule has 1 aromatic carbocycles. The lowest BCUT2D eigenvalue weighted by molar-refractivity contribution is 0.446. The standard InChI is InChI=1S/C8H9BrO2/c9-4-3-6-1-2-7(10)5-8(6)11/h1-2,5,10-11H,3-4H2. The molecule has 11 heavy (non-hydrogen) atoms. The van der Waals surface area contributed by atoms with Crippen LogP contribution in [0.4, 0.5) is 0 Å². The van der Waals surface area contributed by atoms with E-state index in [9.17, 15) is 5.11 Å². The number of benzene rings is 1. The lowest BCUT2D eigenvalue weighted by Gasteiger charge is -2.01. The number of hydrogen-bond acceptors (Lipinski definition) is 2. The van der Waals surface area contributed by atoms with Crippen molar-refractivity contribution >= 4 is 15.9 Å². The fourth-order valence-electron chi connectivity index (χ4n) is 0.865. The Hall–Kier alpha value is -0.700. The Bertz CT molecular complexity index is 248. The van der Waals surface area contributed by atoms with Crippen LogP contribution in [0.25, 0.3) is 0 Å². The van der Waals surface area contributed by atoms with E-state index >= 15 is 0 Å². The summed E-state index contributed by atoms with van der Waals surface area (Å²) >= 11 is 3.27. The lowest BCUT2D eigenvalue weighted by atomic mass is 10.1. The molecule has 0 heterocycles. The fourth-order valence-corrected chi connectivity index (χ4v) is 1.29. The van der Waals surface area contributed by atoms with E-state index in [0.717, 1.165) is 17.3 Å². The van der Waals surface area contributed by atoms with E-state index in [1.54, 1.807) is 12.1 Å². The molecule has 0 radical (unpaired) electrons. The number of halogens is 1. The lowest BCUT2D eigenvalue weighted by Crippen LogP contribution is -1.85. The average Bonchev–Trinajstić information content (AvgIpc) is 1.95. The van der Waals surface area contributed by atoms with Crippen molar-refractivity contribution in [2.24, 2.45) is 0 Å². The molecular formula is C8H9BrO2. The Balaban J connectivity index is 2.90. The number of alkyl halides is 1. The number of hydrogen-bond donors (Lipinski definition) is 2. The zero-order chi connectivity index (χ0) is 8.27. The molecule has 0 amide bonds. The van der Waals surface area contributed by atoms with Gasteiger partial charge in [0.25, 0.3) is 0 Å². The topological polar surface area (TPSA) is 40.5 Å². The molecule has 0 unspecified atom stereocenters. The summed E-state index contributed by atoms with van der Waals surface area (Å²) in [5.74, 6) is 0.255. The maximum atomic E-state index is 9.24. The highest BCUT2D eigenvalue weighted by molar-refractivity contribution is 9.09. The molecule has 60 valence electrons. The fraction of sp³-hybridized carbons (Fsp3) is 0.250. The minimum Gasteiger partial charge on any atom is -0.508 e. The summed E-state index contributed by atoms with van der Waals surface area (Å²) in [5.41, 5.74) is 0.847. The van der Waals surface area contributed by atoms with Crippen LogP contribution in [0.5, 0.6) is 11.5 Å². The first kappa shape index (κ1) is 8.40. The molecule has 0 saturated heterocycles. The highest BCUT2D eigenvalue weighted by Gasteiger charge is 1.99. The van der Waals surface area contributed by atoms with Crippen LogP contribution in [0.1, 0.15) is 5.56 Å². The molecule has 0 aliphatic heterocycles. The van der Waals surface area contributed by atoms with E-state index in [4.69, 9.17) is 5.11 Å². The van der Waals surface area contributed by atoms with Crippen molar-refractivity contribution in [3.63, 3.8) is 0 Å². The zero-order valence-electron chi connectivity index (χ0n) is 5.92. The summed E-state index contributed by atoms with van der Waals surface area (Å²) in [4.78, 5) is 0. The summed E-state index contributed by atoms with van der Waals surface area (Å²) in [6, 6.07) is 4.63. The Morgan fingerprint density at radius 1 is 1.27 bits per heavy atom. The van der Waals surface area contributed by atoms with Crippen molar-refractivity contribution in [1.29, 1.82) is 0 Å². The second-order valence-electron chi connectivity index (χ2n) is 2.25. The van der Waals surface area contributed by atoms with Gasteiger partial charge in [0.2, 0.25) is 0 Å². The summed E-state index contributed by atoms with van der Waals surface area (Å²) in [7, 11) is 0. The minimum atomic E-state index is 0.0980. The van der Waals surface area contributed by atoms with Crippen LogP contribution in [0.3, 0.4) is 0 Å². The van der Waals surface area contributed by atoms with Gasteiger partial charge in [0.15, 0.2) is 0 Å². The highest BCUT2D eigenvalue weighted by Crippen LogP contribution is 2.22. The van der Waals surface area contributed by atoms with Gasteiger partial charge in [-0.15, -0.1) is 0 Å².